The molecule has 2 aromatic rings. The van der Waals surface area contributed by atoms with Gasteiger partial charge in [-0.15, -0.1) is 0 Å². The molecule has 1 amide bonds. The summed E-state index contributed by atoms with van der Waals surface area (Å²) < 4.78 is 13.7. The van der Waals surface area contributed by atoms with Crippen LogP contribution in [-0.4, -0.2) is 10.9 Å². The van der Waals surface area contributed by atoms with E-state index in [9.17, 15) is 9.18 Å². The van der Waals surface area contributed by atoms with Crippen LogP contribution in [0.25, 0.3) is 0 Å². The van der Waals surface area contributed by atoms with Crippen molar-refractivity contribution < 1.29 is 9.18 Å². The second-order valence-electron chi connectivity index (χ2n) is 5.48. The molecule has 21 heavy (non-hydrogen) atoms. The molecule has 1 fully saturated rings. The Morgan fingerprint density at radius 2 is 2.00 bits per heavy atom. The van der Waals surface area contributed by atoms with Crippen molar-refractivity contribution in [2.75, 3.05) is 0 Å². The second-order valence-corrected chi connectivity index (χ2v) is 5.48. The second kappa shape index (κ2) is 5.64. The molecule has 0 saturated heterocycles. The van der Waals surface area contributed by atoms with E-state index in [1.807, 2.05) is 25.1 Å². The van der Waals surface area contributed by atoms with Crippen LogP contribution in [0.15, 0.2) is 48.8 Å². The average molecular weight is 284 g/mol. The minimum absolute atomic E-state index is 0.00688. The predicted molar refractivity (Wildman–Crippen MR) is 78.0 cm³/mol. The number of carbonyl (C=O) groups is 1. The van der Waals surface area contributed by atoms with Gasteiger partial charge in [-0.05, 0) is 48.6 Å². The zero-order valence-electron chi connectivity index (χ0n) is 11.8. The number of benzene rings is 1. The zero-order chi connectivity index (χ0) is 14.8. The summed E-state index contributed by atoms with van der Waals surface area (Å²) in [4.78, 5) is 16.2. The van der Waals surface area contributed by atoms with Crippen LogP contribution in [-0.2, 0) is 4.79 Å². The number of amides is 1. The highest BCUT2D eigenvalue weighted by atomic mass is 19.1. The number of hydrogen-bond acceptors (Lipinski definition) is 2. The van der Waals surface area contributed by atoms with Gasteiger partial charge in [0.05, 0.1) is 6.04 Å². The van der Waals surface area contributed by atoms with Crippen molar-refractivity contribution in [1.29, 1.82) is 0 Å². The van der Waals surface area contributed by atoms with Crippen LogP contribution in [0.5, 0.6) is 0 Å². The first-order valence-electron chi connectivity index (χ1n) is 7.11. The van der Waals surface area contributed by atoms with E-state index in [0.29, 0.717) is 5.56 Å². The summed E-state index contributed by atoms with van der Waals surface area (Å²) in [6, 6.07) is 10.4. The summed E-state index contributed by atoms with van der Waals surface area (Å²) in [5.41, 5.74) is 1.66. The van der Waals surface area contributed by atoms with Gasteiger partial charge in [-0.3, -0.25) is 9.78 Å². The molecular weight excluding hydrogens is 267 g/mol. The minimum Gasteiger partial charge on any atom is -0.349 e. The van der Waals surface area contributed by atoms with E-state index >= 15 is 0 Å². The van der Waals surface area contributed by atoms with Crippen molar-refractivity contribution in [1.82, 2.24) is 10.3 Å². The Labute approximate surface area is 123 Å². The predicted octanol–water partition coefficient (Wildman–Crippen LogP) is 3.20. The van der Waals surface area contributed by atoms with Gasteiger partial charge in [0.15, 0.2) is 0 Å². The number of hydrogen-bond donors (Lipinski definition) is 1. The van der Waals surface area contributed by atoms with Gasteiger partial charge in [-0.25, -0.2) is 4.39 Å². The molecule has 1 N–H and O–H groups in total. The van der Waals surface area contributed by atoms with Crippen LogP contribution >= 0.6 is 0 Å². The van der Waals surface area contributed by atoms with Crippen molar-refractivity contribution in [3.05, 3.63) is 65.7 Å². The van der Waals surface area contributed by atoms with E-state index in [4.69, 9.17) is 0 Å². The number of nitrogens with one attached hydrogen (secondary N) is 1. The van der Waals surface area contributed by atoms with Crippen LogP contribution in [0.2, 0.25) is 0 Å². The highest BCUT2D eigenvalue weighted by Gasteiger charge is 2.45. The average Bonchev–Trinajstić information content (AvgIpc) is 3.29. The Hall–Kier alpha value is -2.23. The third-order valence-electron chi connectivity index (χ3n) is 4.00. The quantitative estimate of drug-likeness (QED) is 0.936. The lowest BCUT2D eigenvalue weighted by Crippen LogP contribution is -2.28. The molecule has 1 aliphatic carbocycles. The molecule has 3 rings (SSSR count). The Bertz CT molecular complexity index is 644. The Morgan fingerprint density at radius 3 is 2.71 bits per heavy atom. The maximum Gasteiger partial charge on any atom is 0.224 e. The lowest BCUT2D eigenvalue weighted by atomic mass is 10.1. The molecule has 0 spiro atoms. The Morgan fingerprint density at radius 1 is 1.29 bits per heavy atom. The number of pyridine rings is 1. The SMILES string of the molecule is CC(NC(=O)C1CC1c1ccccc1F)c1ccncc1. The molecule has 3 atom stereocenters. The van der Waals surface area contributed by atoms with Crippen LogP contribution in [0.1, 0.15) is 36.4 Å². The molecule has 0 bridgehead atoms. The number of nitrogens with zero attached hydrogens (tertiary/aromatic N) is 1. The molecule has 1 aromatic carbocycles. The first-order valence-corrected chi connectivity index (χ1v) is 7.11. The van der Waals surface area contributed by atoms with Gasteiger partial charge in [-0.1, -0.05) is 18.2 Å². The molecule has 3 unspecified atom stereocenters. The van der Waals surface area contributed by atoms with Crippen molar-refractivity contribution in [3.8, 4) is 0 Å². The number of halogens is 1. The van der Waals surface area contributed by atoms with E-state index in [1.165, 1.54) is 6.07 Å². The first-order chi connectivity index (χ1) is 10.2. The lowest BCUT2D eigenvalue weighted by molar-refractivity contribution is -0.123. The fourth-order valence-electron chi connectivity index (χ4n) is 2.66. The molecule has 3 nitrogen and oxygen atoms in total. The summed E-state index contributed by atoms with van der Waals surface area (Å²) in [5.74, 6) is -0.338. The van der Waals surface area contributed by atoms with Gasteiger partial charge in [0.25, 0.3) is 0 Å². The van der Waals surface area contributed by atoms with Gasteiger partial charge in [0.1, 0.15) is 5.82 Å². The minimum atomic E-state index is -0.222. The topological polar surface area (TPSA) is 42.0 Å². The van der Waals surface area contributed by atoms with E-state index in [0.717, 1.165) is 12.0 Å². The molecule has 0 aliphatic heterocycles. The highest BCUT2D eigenvalue weighted by Crippen LogP contribution is 2.48. The third kappa shape index (κ3) is 2.94. The largest absolute Gasteiger partial charge is 0.349 e. The van der Waals surface area contributed by atoms with E-state index < -0.39 is 0 Å². The number of carbonyl (C=O) groups excluding carboxylic acids is 1. The normalized spacial score (nSPS) is 21.6. The van der Waals surface area contributed by atoms with E-state index in [2.05, 4.69) is 10.3 Å². The Kier molecular flexibility index (Phi) is 3.69. The van der Waals surface area contributed by atoms with Gasteiger partial charge < -0.3 is 5.32 Å². The van der Waals surface area contributed by atoms with Crippen LogP contribution in [0.4, 0.5) is 4.39 Å². The van der Waals surface area contributed by atoms with Gasteiger partial charge in [0, 0.05) is 18.3 Å². The summed E-state index contributed by atoms with van der Waals surface area (Å²) in [6.45, 7) is 1.94. The fraction of sp³-hybridized carbons (Fsp3) is 0.294. The third-order valence-corrected chi connectivity index (χ3v) is 4.00. The molecule has 1 aromatic heterocycles. The Balaban J connectivity index is 1.62. The molecule has 4 heteroatoms. The van der Waals surface area contributed by atoms with E-state index in [-0.39, 0.29) is 29.6 Å². The standard InChI is InChI=1S/C17H17FN2O/c1-11(12-6-8-19-9-7-12)20-17(21)15-10-14(15)13-4-2-3-5-16(13)18/h2-9,11,14-15H,10H2,1H3,(H,20,21). The van der Waals surface area contributed by atoms with Gasteiger partial charge in [0.2, 0.25) is 5.91 Å². The summed E-state index contributed by atoms with van der Waals surface area (Å²) in [5, 5.41) is 2.99. The monoisotopic (exact) mass is 284 g/mol. The van der Waals surface area contributed by atoms with Gasteiger partial charge >= 0.3 is 0 Å². The van der Waals surface area contributed by atoms with Crippen molar-refractivity contribution in [3.63, 3.8) is 0 Å². The highest BCUT2D eigenvalue weighted by molar-refractivity contribution is 5.83. The summed E-state index contributed by atoms with van der Waals surface area (Å²) in [6.07, 6.45) is 4.13. The zero-order valence-corrected chi connectivity index (χ0v) is 11.8. The van der Waals surface area contributed by atoms with Crippen LogP contribution in [0, 0.1) is 11.7 Å². The smallest absolute Gasteiger partial charge is 0.224 e. The number of rotatable bonds is 4. The van der Waals surface area contributed by atoms with Crippen molar-refractivity contribution in [2.45, 2.75) is 25.3 Å². The van der Waals surface area contributed by atoms with Crippen molar-refractivity contribution >= 4 is 5.91 Å². The summed E-state index contributed by atoms with van der Waals surface area (Å²) >= 11 is 0. The van der Waals surface area contributed by atoms with Crippen LogP contribution in [0.3, 0.4) is 0 Å². The lowest BCUT2D eigenvalue weighted by Gasteiger charge is -2.14. The van der Waals surface area contributed by atoms with Crippen LogP contribution < -0.4 is 5.32 Å². The van der Waals surface area contributed by atoms with Crippen molar-refractivity contribution in [2.24, 2.45) is 5.92 Å². The molecule has 1 aliphatic rings. The molecule has 108 valence electrons. The molecular formula is C17H17FN2O. The molecule has 1 heterocycles. The molecule has 0 radical (unpaired) electrons. The fourth-order valence-corrected chi connectivity index (χ4v) is 2.66. The molecule has 1 saturated carbocycles. The van der Waals surface area contributed by atoms with E-state index in [1.54, 1.807) is 24.5 Å². The van der Waals surface area contributed by atoms with Gasteiger partial charge in [-0.2, -0.15) is 0 Å². The summed E-state index contributed by atoms with van der Waals surface area (Å²) in [7, 11) is 0. The first kappa shape index (κ1) is 13.7. The maximum atomic E-state index is 13.7. The maximum absolute atomic E-state index is 13.7. The number of aromatic nitrogens is 1.